The molecule has 0 spiro atoms. The molecule has 0 unspecified atom stereocenters. The second-order valence-electron chi connectivity index (χ2n) is 5.71. The van der Waals surface area contributed by atoms with Gasteiger partial charge in [0.2, 0.25) is 0 Å². The minimum absolute atomic E-state index is 0.670. The lowest BCUT2D eigenvalue weighted by molar-refractivity contribution is 0.0340. The molecule has 0 aliphatic carbocycles. The van der Waals surface area contributed by atoms with Crippen molar-refractivity contribution in [2.75, 3.05) is 32.8 Å². The van der Waals surface area contributed by atoms with Crippen molar-refractivity contribution in [3.63, 3.8) is 0 Å². The van der Waals surface area contributed by atoms with E-state index in [1.807, 2.05) is 0 Å². The van der Waals surface area contributed by atoms with Crippen LogP contribution >= 0.6 is 0 Å². The number of aryl methyl sites for hydroxylation is 1. The number of ether oxygens (including phenoxy) is 1. The maximum Gasteiger partial charge on any atom is 0.118 e. The lowest BCUT2D eigenvalue weighted by atomic mass is 10.2. The Morgan fingerprint density at radius 2 is 2.05 bits per heavy atom. The highest BCUT2D eigenvalue weighted by atomic mass is 16.5. The van der Waals surface area contributed by atoms with Crippen molar-refractivity contribution < 1.29 is 9.15 Å². The maximum absolute atomic E-state index is 5.82. The van der Waals surface area contributed by atoms with Gasteiger partial charge in [0.25, 0.3) is 0 Å². The van der Waals surface area contributed by atoms with Gasteiger partial charge in [-0.05, 0) is 25.5 Å². The van der Waals surface area contributed by atoms with E-state index in [2.05, 4.69) is 37.1 Å². The van der Waals surface area contributed by atoms with E-state index in [4.69, 9.17) is 9.15 Å². The molecule has 0 amide bonds. The Morgan fingerprint density at radius 1 is 1.32 bits per heavy atom. The number of hydrogen-bond donors (Lipinski definition) is 1. The average Bonchev–Trinajstić information content (AvgIpc) is 2.71. The monoisotopic (exact) mass is 266 g/mol. The summed E-state index contributed by atoms with van der Waals surface area (Å²) in [5.74, 6) is 2.76. The van der Waals surface area contributed by atoms with Crippen molar-refractivity contribution in [1.29, 1.82) is 0 Å². The molecule has 108 valence electrons. The van der Waals surface area contributed by atoms with Gasteiger partial charge in [0, 0.05) is 25.2 Å². The molecule has 1 aliphatic heterocycles. The molecule has 0 bridgehead atoms. The number of furan rings is 1. The van der Waals surface area contributed by atoms with Gasteiger partial charge in [0.05, 0.1) is 19.8 Å². The Labute approximate surface area is 116 Å². The van der Waals surface area contributed by atoms with Crippen LogP contribution in [0.5, 0.6) is 0 Å². The molecule has 19 heavy (non-hydrogen) atoms. The summed E-state index contributed by atoms with van der Waals surface area (Å²) in [6.45, 7) is 13.0. The molecule has 4 nitrogen and oxygen atoms in total. The molecule has 0 saturated carbocycles. The Kier molecular flexibility index (Phi) is 5.43. The molecular formula is C15H26N2O2. The highest BCUT2D eigenvalue weighted by Gasteiger charge is 2.14. The Morgan fingerprint density at radius 3 is 2.74 bits per heavy atom. The summed E-state index contributed by atoms with van der Waals surface area (Å²) < 4.78 is 11.2. The van der Waals surface area contributed by atoms with Gasteiger partial charge in [0.1, 0.15) is 11.5 Å². The van der Waals surface area contributed by atoms with Gasteiger partial charge in [-0.1, -0.05) is 13.8 Å². The van der Waals surface area contributed by atoms with Crippen LogP contribution in [-0.4, -0.2) is 37.7 Å². The van der Waals surface area contributed by atoms with Crippen LogP contribution < -0.4 is 5.32 Å². The molecule has 1 aromatic heterocycles. The molecule has 2 rings (SSSR count). The molecule has 0 radical (unpaired) electrons. The van der Waals surface area contributed by atoms with Gasteiger partial charge in [-0.25, -0.2) is 0 Å². The van der Waals surface area contributed by atoms with Crippen LogP contribution in [0.2, 0.25) is 0 Å². The minimum Gasteiger partial charge on any atom is -0.465 e. The summed E-state index contributed by atoms with van der Waals surface area (Å²) in [4.78, 5) is 2.42. The predicted molar refractivity (Wildman–Crippen MR) is 76.1 cm³/mol. The summed E-state index contributed by atoms with van der Waals surface area (Å²) in [6.07, 6.45) is 0. The highest BCUT2D eigenvalue weighted by Crippen LogP contribution is 2.17. The first-order valence-corrected chi connectivity index (χ1v) is 7.24. The van der Waals surface area contributed by atoms with Crippen molar-refractivity contribution in [3.8, 4) is 0 Å². The van der Waals surface area contributed by atoms with Crippen molar-refractivity contribution in [2.45, 2.75) is 33.9 Å². The van der Waals surface area contributed by atoms with Crippen LogP contribution in [0.4, 0.5) is 0 Å². The molecule has 4 heteroatoms. The second kappa shape index (κ2) is 7.08. The number of nitrogens with zero attached hydrogens (tertiary/aromatic N) is 1. The topological polar surface area (TPSA) is 37.6 Å². The summed E-state index contributed by atoms with van der Waals surface area (Å²) in [5, 5.41) is 3.42. The van der Waals surface area contributed by atoms with E-state index >= 15 is 0 Å². The number of morpholine rings is 1. The normalized spacial score (nSPS) is 17.3. The smallest absolute Gasteiger partial charge is 0.118 e. The quantitative estimate of drug-likeness (QED) is 0.856. The Hall–Kier alpha value is -0.840. The molecule has 1 fully saturated rings. The average molecular weight is 266 g/mol. The molecule has 0 atom stereocenters. The van der Waals surface area contributed by atoms with E-state index in [0.717, 1.165) is 57.5 Å². The van der Waals surface area contributed by atoms with E-state index < -0.39 is 0 Å². The van der Waals surface area contributed by atoms with E-state index in [0.29, 0.717) is 5.92 Å². The first-order valence-electron chi connectivity index (χ1n) is 7.24. The zero-order valence-corrected chi connectivity index (χ0v) is 12.4. The van der Waals surface area contributed by atoms with Gasteiger partial charge in [-0.2, -0.15) is 0 Å². The SMILES string of the molecule is Cc1oc(CNCC(C)C)cc1CN1CCOCC1. The van der Waals surface area contributed by atoms with Gasteiger partial charge in [-0.3, -0.25) is 4.90 Å². The van der Waals surface area contributed by atoms with Crippen LogP contribution in [0, 0.1) is 12.8 Å². The lowest BCUT2D eigenvalue weighted by Crippen LogP contribution is -2.35. The first-order chi connectivity index (χ1) is 9.15. The summed E-state index contributed by atoms with van der Waals surface area (Å²) >= 11 is 0. The third-order valence-corrected chi connectivity index (χ3v) is 3.42. The highest BCUT2D eigenvalue weighted by molar-refractivity contribution is 5.20. The van der Waals surface area contributed by atoms with E-state index in [9.17, 15) is 0 Å². The van der Waals surface area contributed by atoms with Crippen molar-refractivity contribution in [2.24, 2.45) is 5.92 Å². The van der Waals surface area contributed by atoms with Gasteiger partial charge in [-0.15, -0.1) is 0 Å². The third kappa shape index (κ3) is 4.64. The minimum atomic E-state index is 0.670. The molecule has 1 aliphatic rings. The molecular weight excluding hydrogens is 240 g/mol. The standard InChI is InChI=1S/C15H26N2O2/c1-12(2)9-16-10-15-8-14(13(3)19-15)11-17-4-6-18-7-5-17/h8,12,16H,4-7,9-11H2,1-3H3. The third-order valence-electron chi connectivity index (χ3n) is 3.42. The van der Waals surface area contributed by atoms with E-state index in [1.54, 1.807) is 0 Å². The van der Waals surface area contributed by atoms with E-state index in [1.165, 1.54) is 5.56 Å². The number of hydrogen-bond acceptors (Lipinski definition) is 4. The fourth-order valence-electron chi connectivity index (χ4n) is 2.32. The Bertz CT molecular complexity index is 381. The summed E-state index contributed by atoms with van der Waals surface area (Å²) in [6, 6.07) is 2.19. The summed E-state index contributed by atoms with van der Waals surface area (Å²) in [7, 11) is 0. The molecule has 0 aromatic carbocycles. The number of nitrogens with one attached hydrogen (secondary N) is 1. The van der Waals surface area contributed by atoms with Crippen molar-refractivity contribution >= 4 is 0 Å². The van der Waals surface area contributed by atoms with Crippen LogP contribution in [0.25, 0.3) is 0 Å². The van der Waals surface area contributed by atoms with Crippen LogP contribution in [0.1, 0.15) is 30.9 Å². The molecule has 1 N–H and O–H groups in total. The van der Waals surface area contributed by atoms with Crippen LogP contribution in [0.15, 0.2) is 10.5 Å². The largest absolute Gasteiger partial charge is 0.465 e. The molecule has 1 saturated heterocycles. The second-order valence-corrected chi connectivity index (χ2v) is 5.71. The zero-order chi connectivity index (χ0) is 13.7. The fraction of sp³-hybridized carbons (Fsp3) is 0.733. The zero-order valence-electron chi connectivity index (χ0n) is 12.4. The first kappa shape index (κ1) is 14.6. The van der Waals surface area contributed by atoms with Gasteiger partial charge >= 0.3 is 0 Å². The number of rotatable bonds is 6. The molecule has 2 heterocycles. The fourth-order valence-corrected chi connectivity index (χ4v) is 2.32. The molecule has 1 aromatic rings. The van der Waals surface area contributed by atoms with Crippen LogP contribution in [0.3, 0.4) is 0 Å². The Balaban J connectivity index is 1.85. The van der Waals surface area contributed by atoms with Crippen molar-refractivity contribution in [3.05, 3.63) is 23.2 Å². The summed E-state index contributed by atoms with van der Waals surface area (Å²) in [5.41, 5.74) is 1.31. The maximum atomic E-state index is 5.82. The van der Waals surface area contributed by atoms with Crippen LogP contribution in [-0.2, 0) is 17.8 Å². The van der Waals surface area contributed by atoms with E-state index in [-0.39, 0.29) is 0 Å². The lowest BCUT2D eigenvalue weighted by Gasteiger charge is -2.26. The predicted octanol–water partition coefficient (Wildman–Crippen LogP) is 2.17. The van der Waals surface area contributed by atoms with Gasteiger partial charge in [0.15, 0.2) is 0 Å². The van der Waals surface area contributed by atoms with Crippen molar-refractivity contribution in [1.82, 2.24) is 10.2 Å². The van der Waals surface area contributed by atoms with Gasteiger partial charge < -0.3 is 14.5 Å².